The van der Waals surface area contributed by atoms with Gasteiger partial charge in [-0.2, -0.15) is 52.7 Å². The van der Waals surface area contributed by atoms with E-state index >= 15 is 0 Å². The van der Waals surface area contributed by atoms with Crippen molar-refractivity contribution in [1.29, 1.82) is 0 Å². The Morgan fingerprint density at radius 3 is 1.24 bits per heavy atom. The summed E-state index contributed by atoms with van der Waals surface area (Å²) in [6, 6.07) is 12.0. The first kappa shape index (κ1) is 66.0. The molecule has 2 aromatic carbocycles. The maximum Gasteiger partial charge on any atom is 0.434 e. The lowest BCUT2D eigenvalue weighted by atomic mass is 10.0. The maximum absolute atomic E-state index is 12.8. The van der Waals surface area contributed by atoms with Gasteiger partial charge in [-0.15, -0.1) is 0 Å². The number of benzene rings is 2. The third-order valence-corrected chi connectivity index (χ3v) is 14.5. The molecule has 0 saturated carbocycles. The largest absolute Gasteiger partial charge is 0.444 e. The van der Waals surface area contributed by atoms with E-state index in [1.807, 2.05) is 89.5 Å². The Bertz CT molecular complexity index is 2520. The second-order valence-corrected chi connectivity index (χ2v) is 23.6. The number of piperazine rings is 2. The first-order chi connectivity index (χ1) is 38.3. The Hall–Kier alpha value is -6.13. The van der Waals surface area contributed by atoms with E-state index in [1.54, 1.807) is 4.90 Å². The molecular weight excluding hydrogens is 1130 g/mol. The molecule has 6 heterocycles. The third-order valence-electron chi connectivity index (χ3n) is 14.5. The number of alkyl halides is 12. The van der Waals surface area contributed by atoms with Gasteiger partial charge in [0.15, 0.2) is 6.29 Å². The fourth-order valence-electron chi connectivity index (χ4n) is 10.6. The van der Waals surface area contributed by atoms with E-state index in [0.29, 0.717) is 43.3 Å². The Morgan fingerprint density at radius 2 is 0.867 bits per heavy atom. The average Bonchev–Trinajstić information content (AvgIpc) is 3.69. The van der Waals surface area contributed by atoms with Crippen molar-refractivity contribution in [3.05, 3.63) is 58.7 Å². The summed E-state index contributed by atoms with van der Waals surface area (Å²) < 4.78 is 168. The van der Waals surface area contributed by atoms with E-state index in [0.717, 1.165) is 89.0 Å². The number of carbonyl (C=O) groups excluding carboxylic acids is 5. The number of rotatable bonds is 7. The van der Waals surface area contributed by atoms with Crippen LogP contribution in [0.1, 0.15) is 68.6 Å². The van der Waals surface area contributed by atoms with Crippen LogP contribution in [0, 0.1) is 37.5 Å². The number of carbonyl (C=O) groups is 5. The summed E-state index contributed by atoms with van der Waals surface area (Å²) in [4.78, 5) is 71.2. The number of aldehydes is 1. The highest BCUT2D eigenvalue weighted by molar-refractivity contribution is 5.85. The zero-order valence-electron chi connectivity index (χ0n) is 47.4. The minimum Gasteiger partial charge on any atom is -0.444 e. The van der Waals surface area contributed by atoms with Crippen LogP contribution in [0.5, 0.6) is 0 Å². The van der Waals surface area contributed by atoms with Gasteiger partial charge in [0.2, 0.25) is 0 Å². The smallest absolute Gasteiger partial charge is 0.434 e. The number of nitrogens with one attached hydrogen (secondary N) is 1. The number of likely N-dealkylation sites (tertiary alicyclic amines) is 2. The van der Waals surface area contributed by atoms with E-state index in [9.17, 15) is 76.7 Å². The van der Waals surface area contributed by atoms with Crippen LogP contribution in [0.4, 0.5) is 83.2 Å². The summed E-state index contributed by atoms with van der Waals surface area (Å²) >= 11 is 0. The number of ether oxygens (including phenoxy) is 4. The van der Waals surface area contributed by atoms with Crippen LogP contribution in [0.3, 0.4) is 0 Å². The molecule has 466 valence electrons. The number of hydrogen-bond acceptors (Lipinski definition) is 13. The van der Waals surface area contributed by atoms with E-state index in [4.69, 9.17) is 9.47 Å². The minimum absolute atomic E-state index is 0.00126. The molecule has 83 heavy (non-hydrogen) atoms. The molecule has 6 saturated heterocycles. The molecule has 0 bridgehead atoms. The topological polar surface area (TPSA) is 157 Å². The molecule has 8 rings (SSSR count). The zero-order valence-corrected chi connectivity index (χ0v) is 47.4. The van der Waals surface area contributed by atoms with Crippen LogP contribution >= 0.6 is 0 Å². The van der Waals surface area contributed by atoms with Gasteiger partial charge < -0.3 is 53.7 Å². The summed E-state index contributed by atoms with van der Waals surface area (Å²) in [5.41, 5.74) is 5.07. The number of nitrogens with zero attached hydrogens (tertiary/aromatic N) is 7. The fraction of sp³-hybridized carbons (Fsp3) is 0.685. The zero-order chi connectivity index (χ0) is 61.8. The molecule has 6 aliphatic rings. The Kier molecular flexibility index (Phi) is 20.7. The molecule has 0 aromatic heterocycles. The van der Waals surface area contributed by atoms with Crippen molar-refractivity contribution in [3.63, 3.8) is 0 Å². The number of halogens is 12. The molecule has 0 aliphatic carbocycles. The van der Waals surface area contributed by atoms with Crippen LogP contribution < -0.4 is 15.1 Å². The Morgan fingerprint density at radius 1 is 0.506 bits per heavy atom. The van der Waals surface area contributed by atoms with Gasteiger partial charge in [-0.25, -0.2) is 19.2 Å². The van der Waals surface area contributed by atoms with Gasteiger partial charge in [-0.3, -0.25) is 9.69 Å². The van der Waals surface area contributed by atoms with Crippen LogP contribution in [0.15, 0.2) is 36.4 Å². The SMILES string of the molecule is Cc1ccc(C=O)c(N2CC3CN(C(=O)OC(C)(C)C)CC3C2)c1.Cc1ccc(CN2CCN(C(=O)OC(C(F)(F)F)C(F)(F)F)CC2)c(N2CC3CN(C(=O)OC(C)(C)C)CC3C2)c1.O=C(OC(C(F)(F)F)C(F)(F)F)N1CCNCC1. The van der Waals surface area contributed by atoms with Gasteiger partial charge >= 0.3 is 49.1 Å². The number of aryl methyl sites for hydroxylation is 2. The van der Waals surface area contributed by atoms with Crippen molar-refractivity contribution in [2.45, 2.75) is 110 Å². The summed E-state index contributed by atoms with van der Waals surface area (Å²) in [6.07, 6.45) is -33.9. The molecule has 0 radical (unpaired) electrons. The molecule has 6 fully saturated rings. The summed E-state index contributed by atoms with van der Waals surface area (Å²) in [6.45, 7) is 22.8. The molecular formula is C54H72F12N8O9. The quantitative estimate of drug-likeness (QED) is 0.159. The first-order valence-electron chi connectivity index (χ1n) is 27.0. The molecule has 4 unspecified atom stereocenters. The first-order valence-corrected chi connectivity index (χ1v) is 27.0. The average molecular weight is 1210 g/mol. The second kappa shape index (κ2) is 26.0. The molecule has 6 aliphatic heterocycles. The van der Waals surface area contributed by atoms with Gasteiger partial charge in [0.25, 0.3) is 12.2 Å². The van der Waals surface area contributed by atoms with E-state index in [2.05, 4.69) is 36.7 Å². The molecule has 29 heteroatoms. The maximum atomic E-state index is 12.8. The second-order valence-electron chi connectivity index (χ2n) is 23.6. The Labute approximate surface area is 473 Å². The van der Waals surface area contributed by atoms with E-state index in [1.165, 1.54) is 0 Å². The lowest BCUT2D eigenvalue weighted by molar-refractivity contribution is -0.309. The van der Waals surface area contributed by atoms with Crippen LogP contribution in [-0.4, -0.2) is 208 Å². The molecule has 1 N–H and O–H groups in total. The van der Waals surface area contributed by atoms with Gasteiger partial charge in [-0.05, 0) is 90.3 Å². The third kappa shape index (κ3) is 18.4. The van der Waals surface area contributed by atoms with Crippen molar-refractivity contribution in [1.82, 2.24) is 29.8 Å². The highest BCUT2D eigenvalue weighted by Crippen LogP contribution is 2.40. The molecule has 4 atom stereocenters. The fourth-order valence-corrected chi connectivity index (χ4v) is 10.6. The van der Waals surface area contributed by atoms with Crippen molar-refractivity contribution in [3.8, 4) is 0 Å². The lowest BCUT2D eigenvalue weighted by Gasteiger charge is -2.36. The predicted octanol–water partition coefficient (Wildman–Crippen LogP) is 9.68. The van der Waals surface area contributed by atoms with Crippen LogP contribution in [0.2, 0.25) is 0 Å². The summed E-state index contributed by atoms with van der Waals surface area (Å²) in [5.74, 6) is 1.50. The summed E-state index contributed by atoms with van der Waals surface area (Å²) in [5, 5.41) is 2.79. The number of anilines is 2. The van der Waals surface area contributed by atoms with Crippen LogP contribution in [0.25, 0.3) is 0 Å². The van der Waals surface area contributed by atoms with Gasteiger partial charge in [0, 0.05) is 152 Å². The Balaban J connectivity index is 0.000000222. The number of amides is 4. The highest BCUT2D eigenvalue weighted by Gasteiger charge is 2.61. The number of fused-ring (bicyclic) bond motifs is 2. The van der Waals surface area contributed by atoms with Gasteiger partial charge in [-0.1, -0.05) is 18.2 Å². The number of hydrogen-bond donors (Lipinski definition) is 1. The van der Waals surface area contributed by atoms with E-state index in [-0.39, 0.29) is 64.5 Å². The van der Waals surface area contributed by atoms with Gasteiger partial charge in [0.05, 0.1) is 0 Å². The monoisotopic (exact) mass is 1200 g/mol. The van der Waals surface area contributed by atoms with E-state index < -0.39 is 60.3 Å². The van der Waals surface area contributed by atoms with Gasteiger partial charge in [0.1, 0.15) is 11.2 Å². The standard InChI is InChI=1S/C27H36F6N4O4.C19H26N2O3.C8H10F6N2O2/c1-17-5-6-18(12-34-7-9-35(10-8-34)23(38)40-22(26(28,29)30)27(31,32)33)21(11-17)36-13-19-15-37(16-20(19)14-36)24(39)41-25(2,3)4;1-13-5-6-14(12-22)17(7-13)20-8-15-10-21(11-16(15)9-20)18(23)24-19(2,3)4;9-7(10,11)5(8(12,13)14)18-6(17)16-3-1-15-2-4-16/h5-6,11,19-20,22H,7-10,12-16H2,1-4H3;5-7,12,15-16H,8-11H2,1-4H3;5,15H,1-4H2. The van der Waals surface area contributed by atoms with Crippen molar-refractivity contribution < 1.29 is 95.6 Å². The van der Waals surface area contributed by atoms with Crippen molar-refractivity contribution in [2.24, 2.45) is 23.7 Å². The minimum atomic E-state index is -5.75. The molecule has 4 amide bonds. The van der Waals surface area contributed by atoms with Crippen molar-refractivity contribution >= 4 is 42.0 Å². The molecule has 17 nitrogen and oxygen atoms in total. The van der Waals surface area contributed by atoms with Crippen molar-refractivity contribution in [2.75, 3.05) is 115 Å². The lowest BCUT2D eigenvalue weighted by Crippen LogP contribution is -2.52. The normalized spacial score (nSPS) is 21.7. The highest BCUT2D eigenvalue weighted by atomic mass is 19.4. The molecule has 0 spiro atoms. The summed E-state index contributed by atoms with van der Waals surface area (Å²) in [7, 11) is 0. The molecule has 2 aromatic rings. The van der Waals surface area contributed by atoms with Crippen LogP contribution in [-0.2, 0) is 25.5 Å². The predicted molar refractivity (Wildman–Crippen MR) is 278 cm³/mol.